The lowest BCUT2D eigenvalue weighted by Crippen LogP contribution is -1.94. The highest BCUT2D eigenvalue weighted by Crippen LogP contribution is 2.31. The van der Waals surface area contributed by atoms with Crippen LogP contribution in [0.3, 0.4) is 0 Å². The average Bonchev–Trinajstić information content (AvgIpc) is 3.34. The first-order valence-corrected chi connectivity index (χ1v) is 11.9. The minimum atomic E-state index is -0.170. The first kappa shape index (κ1) is 22.6. The summed E-state index contributed by atoms with van der Waals surface area (Å²) in [5.74, 6) is 1.68. The van der Waals surface area contributed by atoms with Crippen molar-refractivity contribution in [2.75, 3.05) is 0 Å². The number of carbonyl (C=O) groups excluding carboxylic acids is 4. The number of carbonyl (C=O) groups is 4. The number of ether oxygens (including phenoxy) is 2. The molecule has 37 heavy (non-hydrogen) atoms. The van der Waals surface area contributed by atoms with E-state index >= 15 is 0 Å². The molecule has 0 heterocycles. The molecule has 0 radical (unpaired) electrons. The molecule has 0 aliphatic heterocycles. The van der Waals surface area contributed by atoms with Gasteiger partial charge in [0.25, 0.3) is 0 Å². The third-order valence-corrected chi connectivity index (χ3v) is 6.55. The van der Waals surface area contributed by atoms with Crippen molar-refractivity contribution in [3.8, 4) is 23.0 Å². The van der Waals surface area contributed by atoms with Gasteiger partial charge in [0.2, 0.25) is 0 Å². The summed E-state index contributed by atoms with van der Waals surface area (Å²) >= 11 is 0. The zero-order valence-corrected chi connectivity index (χ0v) is 19.7. The van der Waals surface area contributed by atoms with Gasteiger partial charge < -0.3 is 9.47 Å². The topological polar surface area (TPSA) is 86.7 Å². The van der Waals surface area contributed by atoms with Crippen LogP contribution in [0.4, 0.5) is 0 Å². The van der Waals surface area contributed by atoms with Gasteiger partial charge in [0.15, 0.2) is 23.1 Å². The van der Waals surface area contributed by atoms with Crippen molar-refractivity contribution in [3.05, 3.63) is 118 Å². The Morgan fingerprint density at radius 1 is 0.432 bits per heavy atom. The summed E-state index contributed by atoms with van der Waals surface area (Å²) in [6, 6.07) is 25.3. The van der Waals surface area contributed by atoms with E-state index in [0.29, 0.717) is 51.7 Å². The van der Waals surface area contributed by atoms with Gasteiger partial charge in [0.05, 0.1) is 12.8 Å². The molecule has 2 aliphatic rings. The van der Waals surface area contributed by atoms with Gasteiger partial charge in [-0.05, 0) is 78.2 Å². The molecule has 2 aliphatic carbocycles. The van der Waals surface area contributed by atoms with Gasteiger partial charge in [0.1, 0.15) is 23.0 Å². The maximum atomic E-state index is 12.0. The molecule has 0 aromatic heterocycles. The minimum absolute atomic E-state index is 0.0716. The summed E-state index contributed by atoms with van der Waals surface area (Å²) in [6.45, 7) is 0. The summed E-state index contributed by atoms with van der Waals surface area (Å²) < 4.78 is 11.8. The van der Waals surface area contributed by atoms with Gasteiger partial charge in [-0.3, -0.25) is 19.2 Å². The molecule has 4 aromatic rings. The molecular formula is C31H20O6. The van der Waals surface area contributed by atoms with Crippen LogP contribution in [0.25, 0.3) is 0 Å². The molecule has 4 aromatic carbocycles. The highest BCUT2D eigenvalue weighted by Gasteiger charge is 2.28. The van der Waals surface area contributed by atoms with Crippen LogP contribution < -0.4 is 9.47 Å². The number of benzene rings is 4. The lowest BCUT2D eigenvalue weighted by molar-refractivity contribution is 0.0906. The Morgan fingerprint density at radius 3 is 1.19 bits per heavy atom. The van der Waals surface area contributed by atoms with E-state index in [2.05, 4.69) is 0 Å². The van der Waals surface area contributed by atoms with Crippen LogP contribution in [0.1, 0.15) is 65.4 Å². The third-order valence-electron chi connectivity index (χ3n) is 6.55. The van der Waals surface area contributed by atoms with Crippen molar-refractivity contribution in [2.45, 2.75) is 19.3 Å². The fourth-order valence-electron chi connectivity index (χ4n) is 4.65. The van der Waals surface area contributed by atoms with Crippen molar-refractivity contribution in [1.82, 2.24) is 0 Å². The molecule has 0 amide bonds. The van der Waals surface area contributed by atoms with E-state index in [4.69, 9.17) is 9.47 Å². The van der Waals surface area contributed by atoms with Crippen molar-refractivity contribution in [3.63, 3.8) is 0 Å². The monoisotopic (exact) mass is 488 g/mol. The summed E-state index contributed by atoms with van der Waals surface area (Å²) in [7, 11) is 0. The maximum absolute atomic E-state index is 12.0. The standard InChI is InChI=1S/C31H20O6/c32-28-16-30(34)26-14-22(9-11-24(26)28)36-20-5-1-18(2-6-20)13-19-3-7-21(8-4-19)37-23-10-12-25-27(15-23)31(35)17-29(25)33/h1-12,14-15H,13,16-17H2. The van der Waals surface area contributed by atoms with Crippen molar-refractivity contribution >= 4 is 23.1 Å². The second-order valence-corrected chi connectivity index (χ2v) is 9.13. The largest absolute Gasteiger partial charge is 0.457 e. The number of hydrogen-bond donors (Lipinski definition) is 0. The van der Waals surface area contributed by atoms with Gasteiger partial charge in [0, 0.05) is 22.3 Å². The van der Waals surface area contributed by atoms with Crippen LogP contribution in [0.5, 0.6) is 23.0 Å². The number of Topliss-reactive ketones (excluding diaryl/α,β-unsaturated/α-hetero) is 4. The molecule has 0 unspecified atom stereocenters. The van der Waals surface area contributed by atoms with E-state index in [1.54, 1.807) is 36.4 Å². The quantitative estimate of drug-likeness (QED) is 0.292. The molecule has 6 nitrogen and oxygen atoms in total. The molecule has 0 saturated heterocycles. The Labute approximate surface area is 212 Å². The maximum Gasteiger partial charge on any atom is 0.171 e. The Balaban J connectivity index is 1.09. The van der Waals surface area contributed by atoms with Crippen molar-refractivity contribution in [1.29, 1.82) is 0 Å². The molecule has 0 bridgehead atoms. The molecule has 0 atom stereocenters. The third kappa shape index (κ3) is 4.45. The Bertz CT molecular complexity index is 1480. The Kier molecular flexibility index (Phi) is 5.49. The van der Waals surface area contributed by atoms with Gasteiger partial charge in [-0.25, -0.2) is 0 Å². The van der Waals surface area contributed by atoms with Crippen LogP contribution >= 0.6 is 0 Å². The lowest BCUT2D eigenvalue weighted by atomic mass is 10.0. The molecule has 0 N–H and O–H groups in total. The highest BCUT2D eigenvalue weighted by atomic mass is 16.5. The number of hydrogen-bond acceptors (Lipinski definition) is 6. The van der Waals surface area contributed by atoms with Gasteiger partial charge in [-0.2, -0.15) is 0 Å². The predicted molar refractivity (Wildman–Crippen MR) is 135 cm³/mol. The smallest absolute Gasteiger partial charge is 0.171 e. The minimum Gasteiger partial charge on any atom is -0.457 e. The molecule has 0 saturated carbocycles. The van der Waals surface area contributed by atoms with Crippen molar-refractivity contribution in [2.24, 2.45) is 0 Å². The van der Waals surface area contributed by atoms with Crippen LogP contribution in [-0.4, -0.2) is 23.1 Å². The normalized spacial score (nSPS) is 14.1. The summed E-state index contributed by atoms with van der Waals surface area (Å²) in [5.41, 5.74) is 3.96. The van der Waals surface area contributed by atoms with Gasteiger partial charge in [-0.15, -0.1) is 0 Å². The lowest BCUT2D eigenvalue weighted by Gasteiger charge is -2.09. The Hall–Kier alpha value is -4.84. The van der Waals surface area contributed by atoms with Crippen LogP contribution in [0.15, 0.2) is 84.9 Å². The van der Waals surface area contributed by atoms with Gasteiger partial charge in [-0.1, -0.05) is 24.3 Å². The number of fused-ring (bicyclic) bond motifs is 2. The van der Waals surface area contributed by atoms with E-state index < -0.39 is 0 Å². The SMILES string of the molecule is O=C1CC(=O)c2cc(Oc3ccc(Cc4ccc(Oc5ccc6c(c5)C(=O)CC6=O)cc4)cc3)ccc21. The zero-order valence-electron chi connectivity index (χ0n) is 19.7. The van der Waals surface area contributed by atoms with Gasteiger partial charge >= 0.3 is 0 Å². The molecule has 0 fully saturated rings. The van der Waals surface area contributed by atoms with Crippen LogP contribution in [0, 0.1) is 0 Å². The summed E-state index contributed by atoms with van der Waals surface area (Å²) in [4.78, 5) is 47.5. The fraction of sp³-hybridized carbons (Fsp3) is 0.0968. The van der Waals surface area contributed by atoms with Crippen LogP contribution in [-0.2, 0) is 6.42 Å². The summed E-state index contributed by atoms with van der Waals surface area (Å²) in [6.07, 6.45) is 0.570. The molecule has 6 rings (SSSR count). The predicted octanol–water partition coefficient (Wildman–Crippen LogP) is 6.40. The van der Waals surface area contributed by atoms with E-state index in [0.717, 1.165) is 11.1 Å². The Morgan fingerprint density at radius 2 is 0.784 bits per heavy atom. The zero-order chi connectivity index (χ0) is 25.5. The first-order chi connectivity index (χ1) is 17.9. The van der Waals surface area contributed by atoms with Crippen LogP contribution in [0.2, 0.25) is 0 Å². The van der Waals surface area contributed by atoms with Crippen molar-refractivity contribution < 1.29 is 28.7 Å². The van der Waals surface area contributed by atoms with E-state index in [1.807, 2.05) is 48.5 Å². The number of ketones is 4. The molecular weight excluding hydrogens is 468 g/mol. The highest BCUT2D eigenvalue weighted by molar-refractivity contribution is 6.25. The second-order valence-electron chi connectivity index (χ2n) is 9.13. The molecule has 0 spiro atoms. The van der Waals surface area contributed by atoms with E-state index in [9.17, 15) is 19.2 Å². The molecule has 180 valence electrons. The fourth-order valence-corrected chi connectivity index (χ4v) is 4.65. The second kappa shape index (κ2) is 8.99. The summed E-state index contributed by atoms with van der Waals surface area (Å²) in [5, 5.41) is 0. The number of rotatable bonds is 6. The van der Waals surface area contributed by atoms with E-state index in [-0.39, 0.29) is 36.0 Å². The average molecular weight is 488 g/mol. The van der Waals surface area contributed by atoms with E-state index in [1.165, 1.54) is 0 Å². The molecule has 6 heteroatoms. The first-order valence-electron chi connectivity index (χ1n) is 11.9.